The Bertz CT molecular complexity index is 821. The first kappa shape index (κ1) is 20.2. The number of nitrogens with zero attached hydrogens (tertiary/aromatic N) is 1. The second kappa shape index (κ2) is 8.99. The molecular weight excluding hydrogens is 346 g/mol. The van der Waals surface area contributed by atoms with Crippen LogP contribution in [-0.2, 0) is 9.53 Å². The summed E-state index contributed by atoms with van der Waals surface area (Å²) in [6.45, 7) is 8.36. The molecule has 27 heavy (non-hydrogen) atoms. The fourth-order valence-electron chi connectivity index (χ4n) is 3.06. The zero-order chi connectivity index (χ0) is 20.0. The van der Waals surface area contributed by atoms with Crippen LogP contribution in [0.15, 0.2) is 40.9 Å². The van der Waals surface area contributed by atoms with Gasteiger partial charge in [0.2, 0.25) is 0 Å². The van der Waals surface area contributed by atoms with E-state index in [2.05, 4.69) is 11.4 Å². The van der Waals surface area contributed by atoms with Crippen LogP contribution in [0.2, 0.25) is 0 Å². The number of nitrogens with two attached hydrogens (primary N) is 1. The maximum absolute atomic E-state index is 12.7. The number of allylic oxidation sites excluding steroid dienone is 2. The lowest BCUT2D eigenvalue weighted by atomic mass is 9.81. The Kier molecular flexibility index (Phi) is 6.72. The molecule has 0 spiro atoms. The largest absolute Gasteiger partial charge is 0.494 e. The Balaban J connectivity index is 2.71. The molecule has 144 valence electrons. The zero-order valence-corrected chi connectivity index (χ0v) is 16.1. The highest BCUT2D eigenvalue weighted by Crippen LogP contribution is 2.42. The van der Waals surface area contributed by atoms with Gasteiger partial charge in [-0.2, -0.15) is 5.26 Å². The first-order valence-corrected chi connectivity index (χ1v) is 8.92. The van der Waals surface area contributed by atoms with Crippen molar-refractivity contribution in [3.63, 3.8) is 0 Å². The highest BCUT2D eigenvalue weighted by atomic mass is 16.5. The molecular formula is C20H25N3O4. The van der Waals surface area contributed by atoms with Crippen LogP contribution in [0.3, 0.4) is 0 Å². The molecule has 2 rings (SSSR count). The molecule has 0 aromatic heterocycles. The molecule has 1 atom stereocenters. The first-order valence-electron chi connectivity index (χ1n) is 8.92. The number of dihydropyridines is 1. The summed E-state index contributed by atoms with van der Waals surface area (Å²) in [5.41, 5.74) is 7.79. The summed E-state index contributed by atoms with van der Waals surface area (Å²) in [6, 6.07) is 7.47. The van der Waals surface area contributed by atoms with Crippen molar-refractivity contribution in [1.82, 2.24) is 5.32 Å². The summed E-state index contributed by atoms with van der Waals surface area (Å²) < 4.78 is 16.6. The van der Waals surface area contributed by atoms with Gasteiger partial charge in [-0.15, -0.1) is 0 Å². The van der Waals surface area contributed by atoms with Crippen molar-refractivity contribution in [2.45, 2.75) is 33.6 Å². The minimum absolute atomic E-state index is 0.206. The van der Waals surface area contributed by atoms with Crippen LogP contribution in [0, 0.1) is 11.3 Å². The van der Waals surface area contributed by atoms with Gasteiger partial charge in [-0.3, -0.25) is 0 Å². The second-order valence-corrected chi connectivity index (χ2v) is 5.82. The van der Waals surface area contributed by atoms with Crippen molar-refractivity contribution in [2.24, 2.45) is 5.73 Å². The predicted molar refractivity (Wildman–Crippen MR) is 101 cm³/mol. The number of nitrogens with one attached hydrogen (secondary N) is 1. The van der Waals surface area contributed by atoms with Crippen LogP contribution in [0.4, 0.5) is 0 Å². The van der Waals surface area contributed by atoms with E-state index < -0.39 is 11.9 Å². The smallest absolute Gasteiger partial charge is 0.336 e. The Morgan fingerprint density at radius 2 is 1.93 bits per heavy atom. The van der Waals surface area contributed by atoms with E-state index in [-0.39, 0.29) is 18.0 Å². The number of nitriles is 1. The Hall–Kier alpha value is -3.14. The number of esters is 1. The SMILES string of the molecule is CCOC(=O)C1=C(C)NC(N)=C(C#N)[C@H]1c1cc(OCC)ccc1OCC. The van der Waals surface area contributed by atoms with E-state index in [1.54, 1.807) is 32.0 Å². The molecule has 1 aliphatic rings. The molecule has 0 saturated carbocycles. The lowest BCUT2D eigenvalue weighted by Gasteiger charge is -2.29. The lowest BCUT2D eigenvalue weighted by molar-refractivity contribution is -0.138. The van der Waals surface area contributed by atoms with Gasteiger partial charge >= 0.3 is 5.97 Å². The van der Waals surface area contributed by atoms with Gasteiger partial charge in [0.25, 0.3) is 0 Å². The molecule has 0 radical (unpaired) electrons. The molecule has 0 bridgehead atoms. The van der Waals surface area contributed by atoms with Gasteiger partial charge in [0.1, 0.15) is 17.3 Å². The van der Waals surface area contributed by atoms with Crippen molar-refractivity contribution in [1.29, 1.82) is 5.26 Å². The summed E-state index contributed by atoms with van der Waals surface area (Å²) in [5, 5.41) is 12.6. The summed E-state index contributed by atoms with van der Waals surface area (Å²) in [4.78, 5) is 12.7. The summed E-state index contributed by atoms with van der Waals surface area (Å²) in [5.74, 6) is 0.167. The number of hydrogen-bond donors (Lipinski definition) is 2. The molecule has 7 nitrogen and oxygen atoms in total. The van der Waals surface area contributed by atoms with Crippen LogP contribution in [0.1, 0.15) is 39.2 Å². The van der Waals surface area contributed by atoms with Crippen molar-refractivity contribution in [2.75, 3.05) is 19.8 Å². The number of benzene rings is 1. The number of carbonyl (C=O) groups excluding carboxylic acids is 1. The van der Waals surface area contributed by atoms with Gasteiger partial charge in [0.15, 0.2) is 0 Å². The number of carbonyl (C=O) groups is 1. The van der Waals surface area contributed by atoms with E-state index in [0.29, 0.717) is 41.5 Å². The standard InChI is InChI=1S/C20H25N3O4/c1-5-25-13-8-9-16(26-6-2)14(10-13)18-15(11-21)19(22)23-12(4)17(18)20(24)27-7-3/h8-10,18,23H,5-7,22H2,1-4H3/t18-/m1/s1. The van der Waals surface area contributed by atoms with Crippen molar-refractivity contribution in [3.8, 4) is 17.6 Å². The third-order valence-electron chi connectivity index (χ3n) is 4.11. The summed E-state index contributed by atoms with van der Waals surface area (Å²) in [6.07, 6.45) is 0. The first-order chi connectivity index (χ1) is 13.0. The minimum atomic E-state index is -0.711. The molecule has 1 aliphatic heterocycles. The molecule has 0 fully saturated rings. The van der Waals surface area contributed by atoms with E-state index in [1.807, 2.05) is 13.8 Å². The van der Waals surface area contributed by atoms with Crippen LogP contribution < -0.4 is 20.5 Å². The molecule has 1 heterocycles. The zero-order valence-electron chi connectivity index (χ0n) is 16.1. The molecule has 0 saturated heterocycles. The molecule has 3 N–H and O–H groups in total. The predicted octanol–water partition coefficient (Wildman–Crippen LogP) is 2.70. The number of ether oxygens (including phenoxy) is 3. The average molecular weight is 371 g/mol. The van der Waals surface area contributed by atoms with Crippen LogP contribution in [0.5, 0.6) is 11.5 Å². The van der Waals surface area contributed by atoms with Gasteiger partial charge in [0.05, 0.1) is 43.0 Å². The van der Waals surface area contributed by atoms with Gasteiger partial charge in [-0.1, -0.05) is 0 Å². The van der Waals surface area contributed by atoms with Gasteiger partial charge in [-0.05, 0) is 45.9 Å². The second-order valence-electron chi connectivity index (χ2n) is 5.82. The Labute approximate surface area is 159 Å². The van der Waals surface area contributed by atoms with E-state index in [9.17, 15) is 10.1 Å². The lowest BCUT2D eigenvalue weighted by Crippen LogP contribution is -2.33. The topological polar surface area (TPSA) is 107 Å². The maximum atomic E-state index is 12.7. The van der Waals surface area contributed by atoms with E-state index in [1.165, 1.54) is 0 Å². The van der Waals surface area contributed by atoms with Crippen molar-refractivity contribution >= 4 is 5.97 Å². The van der Waals surface area contributed by atoms with Gasteiger partial charge in [-0.25, -0.2) is 4.79 Å². The summed E-state index contributed by atoms with van der Waals surface area (Å²) in [7, 11) is 0. The third-order valence-corrected chi connectivity index (χ3v) is 4.11. The Morgan fingerprint density at radius 3 is 2.52 bits per heavy atom. The molecule has 7 heteroatoms. The molecule has 0 aliphatic carbocycles. The minimum Gasteiger partial charge on any atom is -0.494 e. The van der Waals surface area contributed by atoms with E-state index in [4.69, 9.17) is 19.9 Å². The quantitative estimate of drug-likeness (QED) is 0.710. The molecule has 0 amide bonds. The number of rotatable bonds is 7. The van der Waals surface area contributed by atoms with E-state index in [0.717, 1.165) is 0 Å². The van der Waals surface area contributed by atoms with Crippen LogP contribution >= 0.6 is 0 Å². The van der Waals surface area contributed by atoms with Crippen molar-refractivity contribution in [3.05, 3.63) is 46.4 Å². The monoisotopic (exact) mass is 371 g/mol. The van der Waals surface area contributed by atoms with E-state index >= 15 is 0 Å². The van der Waals surface area contributed by atoms with Crippen LogP contribution in [-0.4, -0.2) is 25.8 Å². The molecule has 1 aromatic carbocycles. The summed E-state index contributed by atoms with van der Waals surface area (Å²) >= 11 is 0. The molecule has 1 aromatic rings. The maximum Gasteiger partial charge on any atom is 0.336 e. The Morgan fingerprint density at radius 1 is 1.22 bits per heavy atom. The van der Waals surface area contributed by atoms with Crippen molar-refractivity contribution < 1.29 is 19.0 Å². The normalized spacial score (nSPS) is 16.5. The fraction of sp³-hybridized carbons (Fsp3) is 0.400. The van der Waals surface area contributed by atoms with Gasteiger partial charge in [0, 0.05) is 11.3 Å². The number of hydrogen-bond acceptors (Lipinski definition) is 7. The highest BCUT2D eigenvalue weighted by Gasteiger charge is 2.36. The van der Waals surface area contributed by atoms with Gasteiger partial charge < -0.3 is 25.3 Å². The average Bonchev–Trinajstić information content (AvgIpc) is 2.63. The molecule has 0 unspecified atom stereocenters. The van der Waals surface area contributed by atoms with Crippen LogP contribution in [0.25, 0.3) is 0 Å². The third kappa shape index (κ3) is 4.17. The fourth-order valence-corrected chi connectivity index (χ4v) is 3.06. The highest BCUT2D eigenvalue weighted by molar-refractivity contribution is 5.93.